The van der Waals surface area contributed by atoms with Crippen molar-refractivity contribution in [1.29, 1.82) is 0 Å². The highest BCUT2D eigenvalue weighted by Gasteiger charge is 2.11. The number of H-pyrrole nitrogens is 1. The highest BCUT2D eigenvalue weighted by molar-refractivity contribution is 5.91. The number of nitrogens with one attached hydrogen (secondary N) is 2. The minimum absolute atomic E-state index is 0.181. The number of benzene rings is 2. The molecule has 4 aromatic rings. The molecule has 0 aliphatic carbocycles. The number of halogens is 1. The molecule has 0 unspecified atom stereocenters. The number of aromatic nitrogens is 4. The summed E-state index contributed by atoms with van der Waals surface area (Å²) in [7, 11) is 0. The van der Waals surface area contributed by atoms with Crippen LogP contribution < -0.4 is 11.1 Å². The van der Waals surface area contributed by atoms with E-state index in [4.69, 9.17) is 4.52 Å². The number of carbonyl (C=O) groups is 1. The van der Waals surface area contributed by atoms with E-state index in [-0.39, 0.29) is 24.0 Å². The minimum atomic E-state index is -0.650. The van der Waals surface area contributed by atoms with E-state index in [1.807, 2.05) is 0 Å². The molecule has 0 fully saturated rings. The van der Waals surface area contributed by atoms with Gasteiger partial charge < -0.3 is 9.84 Å². The van der Waals surface area contributed by atoms with Crippen LogP contribution >= 0.6 is 0 Å². The number of nitrogens with zero attached hydrogens (tertiary/aromatic N) is 3. The molecule has 10 heteroatoms. The molecule has 1 amide bonds. The number of anilines is 1. The van der Waals surface area contributed by atoms with Gasteiger partial charge in [0.1, 0.15) is 5.82 Å². The lowest BCUT2D eigenvalue weighted by molar-refractivity contribution is -0.116. The second-order valence-electron chi connectivity index (χ2n) is 6.44. The molecule has 0 radical (unpaired) electrons. The zero-order valence-electron chi connectivity index (χ0n) is 15.6. The van der Waals surface area contributed by atoms with E-state index >= 15 is 0 Å². The van der Waals surface area contributed by atoms with Crippen molar-refractivity contribution in [3.8, 4) is 22.8 Å². The standard InChI is InChI=1S/C20H16FN5O4/c21-14-9-7-12(8-10-14)18-23-17(29-25-18)6-2-5-16(27)22-15-4-1-3-13(11-15)19-24-20(28)30-26-19/h1,3-4,7-11H,2,5-6H2,(H,22,27)(H,24,26,28). The second kappa shape index (κ2) is 8.52. The van der Waals surface area contributed by atoms with E-state index in [9.17, 15) is 14.0 Å². The number of hydrogen-bond acceptors (Lipinski definition) is 7. The number of rotatable bonds is 7. The molecule has 0 saturated carbocycles. The van der Waals surface area contributed by atoms with Gasteiger partial charge in [-0.05, 0) is 42.8 Å². The largest absolute Gasteiger partial charge is 0.439 e. The maximum absolute atomic E-state index is 13.0. The van der Waals surface area contributed by atoms with E-state index in [1.165, 1.54) is 12.1 Å². The third-order valence-electron chi connectivity index (χ3n) is 4.23. The van der Waals surface area contributed by atoms with Gasteiger partial charge >= 0.3 is 5.76 Å². The summed E-state index contributed by atoms with van der Waals surface area (Å²) in [5.41, 5.74) is 1.83. The van der Waals surface area contributed by atoms with E-state index in [2.05, 4.69) is 30.1 Å². The van der Waals surface area contributed by atoms with Crippen LogP contribution in [0.4, 0.5) is 10.1 Å². The van der Waals surface area contributed by atoms with Crippen LogP contribution in [0.3, 0.4) is 0 Å². The molecule has 2 aromatic heterocycles. The van der Waals surface area contributed by atoms with Crippen LogP contribution in [0.1, 0.15) is 18.7 Å². The van der Waals surface area contributed by atoms with Gasteiger partial charge in [0.15, 0.2) is 5.82 Å². The lowest BCUT2D eigenvalue weighted by atomic mass is 10.1. The highest BCUT2D eigenvalue weighted by Crippen LogP contribution is 2.19. The first-order chi connectivity index (χ1) is 14.6. The van der Waals surface area contributed by atoms with Gasteiger partial charge in [0, 0.05) is 29.7 Å². The topological polar surface area (TPSA) is 127 Å². The Morgan fingerprint density at radius 3 is 2.67 bits per heavy atom. The Hall–Kier alpha value is -4.08. The molecule has 2 heterocycles. The molecule has 0 bridgehead atoms. The van der Waals surface area contributed by atoms with E-state index in [0.717, 1.165) is 0 Å². The fourth-order valence-corrected chi connectivity index (χ4v) is 2.79. The smallest absolute Gasteiger partial charge is 0.339 e. The normalized spacial score (nSPS) is 10.8. The van der Waals surface area contributed by atoms with Crippen LogP contribution in [0.25, 0.3) is 22.8 Å². The first kappa shape index (κ1) is 19.2. The fraction of sp³-hybridized carbons (Fsp3) is 0.150. The Bertz CT molecular complexity index is 1210. The molecule has 2 N–H and O–H groups in total. The Kier molecular flexibility index (Phi) is 5.46. The van der Waals surface area contributed by atoms with Gasteiger partial charge in [0.2, 0.25) is 17.6 Å². The average Bonchev–Trinajstić information content (AvgIpc) is 3.38. The molecule has 0 saturated heterocycles. The third kappa shape index (κ3) is 4.66. The third-order valence-corrected chi connectivity index (χ3v) is 4.23. The molecule has 30 heavy (non-hydrogen) atoms. The van der Waals surface area contributed by atoms with Crippen molar-refractivity contribution in [1.82, 2.24) is 20.3 Å². The van der Waals surface area contributed by atoms with Gasteiger partial charge in [-0.2, -0.15) is 4.98 Å². The first-order valence-electron chi connectivity index (χ1n) is 9.11. The van der Waals surface area contributed by atoms with Crippen molar-refractivity contribution >= 4 is 11.6 Å². The van der Waals surface area contributed by atoms with Gasteiger partial charge in [0.25, 0.3) is 0 Å². The summed E-state index contributed by atoms with van der Waals surface area (Å²) in [5, 5.41) is 10.3. The van der Waals surface area contributed by atoms with E-state index in [1.54, 1.807) is 36.4 Å². The molecule has 0 aliphatic heterocycles. The average molecular weight is 409 g/mol. The van der Waals surface area contributed by atoms with Crippen molar-refractivity contribution < 1.29 is 18.2 Å². The number of aryl methyl sites for hydroxylation is 1. The van der Waals surface area contributed by atoms with Gasteiger partial charge in [-0.3, -0.25) is 14.3 Å². The summed E-state index contributed by atoms with van der Waals surface area (Å²) in [4.78, 5) is 30.0. The predicted molar refractivity (Wildman–Crippen MR) is 104 cm³/mol. The molecular formula is C20H16FN5O4. The number of aromatic amines is 1. The van der Waals surface area contributed by atoms with Crippen molar-refractivity contribution in [3.05, 3.63) is 70.8 Å². The van der Waals surface area contributed by atoms with Crippen LogP contribution in [-0.2, 0) is 11.2 Å². The summed E-state index contributed by atoms with van der Waals surface area (Å²) >= 11 is 0. The predicted octanol–water partition coefficient (Wildman–Crippen LogP) is 3.18. The molecule has 0 spiro atoms. The van der Waals surface area contributed by atoms with E-state index < -0.39 is 5.76 Å². The quantitative estimate of drug-likeness (QED) is 0.480. The monoisotopic (exact) mass is 409 g/mol. The summed E-state index contributed by atoms with van der Waals surface area (Å²) in [5.74, 6) is -0.115. The van der Waals surface area contributed by atoms with Crippen LogP contribution in [0.15, 0.2) is 62.4 Å². The van der Waals surface area contributed by atoms with Gasteiger partial charge in [-0.25, -0.2) is 9.18 Å². The van der Waals surface area contributed by atoms with Crippen LogP contribution in [0, 0.1) is 5.82 Å². The molecule has 152 valence electrons. The van der Waals surface area contributed by atoms with Gasteiger partial charge in [-0.15, -0.1) is 0 Å². The van der Waals surface area contributed by atoms with Crippen molar-refractivity contribution in [2.24, 2.45) is 0 Å². The van der Waals surface area contributed by atoms with Crippen LogP contribution in [-0.4, -0.2) is 26.2 Å². The van der Waals surface area contributed by atoms with E-state index in [0.29, 0.717) is 41.4 Å². The lowest BCUT2D eigenvalue weighted by Gasteiger charge is -2.05. The second-order valence-corrected chi connectivity index (χ2v) is 6.44. The zero-order chi connectivity index (χ0) is 20.9. The summed E-state index contributed by atoms with van der Waals surface area (Å²) in [6.45, 7) is 0. The number of carbonyl (C=O) groups excluding carboxylic acids is 1. The fourth-order valence-electron chi connectivity index (χ4n) is 2.79. The Balaban J connectivity index is 1.29. The number of amides is 1. The number of hydrogen-bond donors (Lipinski definition) is 2. The Labute approximate surface area is 168 Å². The van der Waals surface area contributed by atoms with Crippen LogP contribution in [0.5, 0.6) is 0 Å². The molecule has 0 atom stereocenters. The van der Waals surface area contributed by atoms with Crippen LogP contribution in [0.2, 0.25) is 0 Å². The molecule has 9 nitrogen and oxygen atoms in total. The molecule has 2 aromatic carbocycles. The zero-order valence-corrected chi connectivity index (χ0v) is 15.6. The van der Waals surface area contributed by atoms with Crippen molar-refractivity contribution in [3.63, 3.8) is 0 Å². The summed E-state index contributed by atoms with van der Waals surface area (Å²) in [6, 6.07) is 12.7. The summed E-state index contributed by atoms with van der Waals surface area (Å²) in [6.07, 6.45) is 1.19. The van der Waals surface area contributed by atoms with Crippen molar-refractivity contribution in [2.75, 3.05) is 5.32 Å². The SMILES string of the molecule is O=C(CCCc1nc(-c2ccc(F)cc2)no1)Nc1cccc(-c2noc(=O)[nH]2)c1. The van der Waals surface area contributed by atoms with Gasteiger partial charge in [0.05, 0.1) is 0 Å². The highest BCUT2D eigenvalue weighted by atomic mass is 19.1. The van der Waals surface area contributed by atoms with Crippen molar-refractivity contribution in [2.45, 2.75) is 19.3 Å². The maximum Gasteiger partial charge on any atom is 0.439 e. The Morgan fingerprint density at radius 1 is 1.07 bits per heavy atom. The molecule has 0 aliphatic rings. The molecule has 4 rings (SSSR count). The maximum atomic E-state index is 13.0. The van der Waals surface area contributed by atoms with Gasteiger partial charge in [-0.1, -0.05) is 22.4 Å². The summed E-state index contributed by atoms with van der Waals surface area (Å²) < 4.78 is 22.7. The Morgan fingerprint density at radius 2 is 1.90 bits per heavy atom. The minimum Gasteiger partial charge on any atom is -0.339 e. The molecular weight excluding hydrogens is 393 g/mol. The first-order valence-corrected chi connectivity index (χ1v) is 9.11. The lowest BCUT2D eigenvalue weighted by Crippen LogP contribution is -2.11.